The maximum Gasteiger partial charge on any atom is 0.160 e. The summed E-state index contributed by atoms with van der Waals surface area (Å²) in [6.45, 7) is 0. The third-order valence-corrected chi connectivity index (χ3v) is 10.8. The molecule has 0 aliphatic rings. The Balaban J connectivity index is 1.08. The number of benzene rings is 9. The molecule has 0 spiro atoms. The van der Waals surface area contributed by atoms with Crippen LogP contribution in [0.2, 0.25) is 0 Å². The van der Waals surface area contributed by atoms with Crippen molar-refractivity contribution in [1.29, 1.82) is 0 Å². The van der Waals surface area contributed by atoms with Gasteiger partial charge >= 0.3 is 0 Å². The van der Waals surface area contributed by atoms with Crippen molar-refractivity contribution in [3.63, 3.8) is 0 Å². The summed E-state index contributed by atoms with van der Waals surface area (Å²) in [5.74, 6) is 0.704. The Labute approximate surface area is 311 Å². The lowest BCUT2D eigenvalue weighted by molar-refractivity contribution is 1.23. The van der Waals surface area contributed by atoms with E-state index in [2.05, 4.69) is 182 Å². The highest BCUT2D eigenvalue weighted by Gasteiger charge is 2.18. The van der Waals surface area contributed by atoms with Gasteiger partial charge in [-0.25, -0.2) is 15.0 Å². The van der Waals surface area contributed by atoms with E-state index in [0.717, 1.165) is 55.6 Å². The summed E-state index contributed by atoms with van der Waals surface area (Å²) in [7, 11) is 0. The summed E-state index contributed by atoms with van der Waals surface area (Å²) in [6.07, 6.45) is 0. The molecule has 0 bridgehead atoms. The summed E-state index contributed by atoms with van der Waals surface area (Å²) in [4.78, 5) is 15.7. The second-order valence-electron chi connectivity index (χ2n) is 14.0. The molecule has 11 rings (SSSR count). The van der Waals surface area contributed by atoms with Crippen molar-refractivity contribution >= 4 is 64.9 Å². The number of pyridine rings is 1. The van der Waals surface area contributed by atoms with Crippen LogP contribution in [0.4, 0.5) is 0 Å². The summed E-state index contributed by atoms with van der Waals surface area (Å²) >= 11 is 0. The van der Waals surface area contributed by atoms with Crippen molar-refractivity contribution in [1.82, 2.24) is 15.0 Å². The molecule has 0 radical (unpaired) electrons. The molecule has 0 atom stereocenters. The van der Waals surface area contributed by atoms with E-state index in [4.69, 9.17) is 15.0 Å². The van der Waals surface area contributed by atoms with Gasteiger partial charge in [0.25, 0.3) is 0 Å². The molecule has 0 saturated heterocycles. The molecule has 2 aromatic heterocycles. The van der Waals surface area contributed by atoms with Crippen LogP contribution < -0.4 is 0 Å². The fourth-order valence-electron chi connectivity index (χ4n) is 8.28. The van der Waals surface area contributed by atoms with Crippen molar-refractivity contribution in [3.8, 4) is 45.0 Å². The van der Waals surface area contributed by atoms with Gasteiger partial charge in [-0.05, 0) is 73.8 Å². The maximum atomic E-state index is 5.40. The minimum atomic E-state index is 0.704. The second kappa shape index (κ2) is 12.2. The third kappa shape index (κ3) is 4.87. The van der Waals surface area contributed by atoms with E-state index < -0.39 is 0 Å². The Kier molecular flexibility index (Phi) is 6.86. The molecule has 54 heavy (non-hydrogen) atoms. The summed E-state index contributed by atoms with van der Waals surface area (Å²) < 4.78 is 0. The van der Waals surface area contributed by atoms with Crippen molar-refractivity contribution in [2.75, 3.05) is 0 Å². The molecule has 11 aromatic rings. The molecule has 0 unspecified atom stereocenters. The minimum absolute atomic E-state index is 0.704. The first-order valence-corrected chi connectivity index (χ1v) is 18.4. The molecular weight excluding hydrogens is 655 g/mol. The average Bonchev–Trinajstić information content (AvgIpc) is 3.25. The molecule has 0 fully saturated rings. The third-order valence-electron chi connectivity index (χ3n) is 10.8. The van der Waals surface area contributed by atoms with Gasteiger partial charge in [0, 0.05) is 38.2 Å². The summed E-state index contributed by atoms with van der Waals surface area (Å²) in [6, 6.07) is 66.8. The van der Waals surface area contributed by atoms with E-state index in [1.807, 2.05) is 6.07 Å². The average molecular weight is 686 g/mol. The van der Waals surface area contributed by atoms with Gasteiger partial charge in [-0.1, -0.05) is 158 Å². The number of nitrogens with zero attached hydrogens (tertiary/aromatic N) is 3. The first-order chi connectivity index (χ1) is 26.8. The van der Waals surface area contributed by atoms with Crippen molar-refractivity contribution in [2.45, 2.75) is 0 Å². The van der Waals surface area contributed by atoms with E-state index in [0.29, 0.717) is 5.82 Å². The number of hydrogen-bond donors (Lipinski definition) is 0. The molecular formula is C51H31N3. The zero-order valence-electron chi connectivity index (χ0n) is 29.2. The zero-order chi connectivity index (χ0) is 35.6. The van der Waals surface area contributed by atoms with Crippen molar-refractivity contribution in [3.05, 3.63) is 188 Å². The first-order valence-electron chi connectivity index (χ1n) is 18.4. The number of aromatic nitrogens is 3. The zero-order valence-corrected chi connectivity index (χ0v) is 29.2. The predicted octanol–water partition coefficient (Wildman–Crippen LogP) is 13.5. The first kappa shape index (κ1) is 30.4. The highest BCUT2D eigenvalue weighted by atomic mass is 14.9. The Morgan fingerprint density at radius 2 is 0.778 bits per heavy atom. The molecule has 2 heterocycles. The van der Waals surface area contributed by atoms with E-state index in [-0.39, 0.29) is 0 Å². The quantitative estimate of drug-likeness (QED) is 0.173. The van der Waals surface area contributed by atoms with E-state index >= 15 is 0 Å². The normalized spacial score (nSPS) is 11.7. The molecule has 0 aliphatic heterocycles. The molecule has 3 heteroatoms. The lowest BCUT2D eigenvalue weighted by Crippen LogP contribution is -1.95. The van der Waals surface area contributed by atoms with Crippen LogP contribution in [0.3, 0.4) is 0 Å². The van der Waals surface area contributed by atoms with Crippen LogP contribution in [-0.4, -0.2) is 15.0 Å². The Hall–Kier alpha value is -7.23. The predicted molar refractivity (Wildman–Crippen MR) is 227 cm³/mol. The fourth-order valence-corrected chi connectivity index (χ4v) is 8.28. The number of para-hydroxylation sites is 2. The van der Waals surface area contributed by atoms with E-state index in [1.54, 1.807) is 0 Å². The van der Waals surface area contributed by atoms with Gasteiger partial charge in [0.1, 0.15) is 0 Å². The molecule has 0 saturated carbocycles. The van der Waals surface area contributed by atoms with Crippen LogP contribution in [0.25, 0.3) is 110 Å². The lowest BCUT2D eigenvalue weighted by Gasteiger charge is -2.16. The van der Waals surface area contributed by atoms with E-state index in [1.165, 1.54) is 48.5 Å². The van der Waals surface area contributed by atoms with Crippen LogP contribution in [0.1, 0.15) is 0 Å². The topological polar surface area (TPSA) is 38.7 Å². The molecule has 0 amide bonds. The van der Waals surface area contributed by atoms with Crippen LogP contribution in [0, 0.1) is 0 Å². The van der Waals surface area contributed by atoms with Gasteiger partial charge in [-0.3, -0.25) is 0 Å². The van der Waals surface area contributed by atoms with Crippen LogP contribution in [0.5, 0.6) is 0 Å². The summed E-state index contributed by atoms with van der Waals surface area (Å²) in [5.41, 5.74) is 9.16. The highest BCUT2D eigenvalue weighted by molar-refractivity contribution is 6.33. The lowest BCUT2D eigenvalue weighted by atomic mass is 9.89. The SMILES string of the molecule is c1cc(-c2cccc(-c3nc4ccccc4c4c5ccccc5c5ccccc5c34)c2)cc(-c2nc(-c3ccc4ccccc4c3)c3ccccc3n2)c1. The second-order valence-corrected chi connectivity index (χ2v) is 14.0. The largest absolute Gasteiger partial charge is 0.247 e. The summed E-state index contributed by atoms with van der Waals surface area (Å²) in [5, 5.41) is 12.0. The van der Waals surface area contributed by atoms with Crippen molar-refractivity contribution < 1.29 is 0 Å². The minimum Gasteiger partial charge on any atom is -0.247 e. The van der Waals surface area contributed by atoms with E-state index in [9.17, 15) is 0 Å². The standard InChI is InChI=1S/C51H31N3/c1-2-14-33-29-37(28-27-32(33)13-1)49-44-24-8-10-26-46(44)53-51(54-49)38-18-12-16-35(31-38)34-15-11-17-36(30-34)50-48-42-22-6-4-20-40(42)39-19-3-5-21-41(39)47(48)43-23-7-9-25-45(43)52-50/h1-31H. The van der Waals surface area contributed by atoms with Crippen LogP contribution >= 0.6 is 0 Å². The molecule has 3 nitrogen and oxygen atoms in total. The molecule has 9 aromatic carbocycles. The van der Waals surface area contributed by atoms with Gasteiger partial charge in [0.2, 0.25) is 0 Å². The number of rotatable bonds is 4. The van der Waals surface area contributed by atoms with Gasteiger partial charge in [0.05, 0.1) is 22.4 Å². The van der Waals surface area contributed by atoms with Gasteiger partial charge in [-0.15, -0.1) is 0 Å². The fraction of sp³-hybridized carbons (Fsp3) is 0. The number of fused-ring (bicyclic) bond motifs is 10. The number of hydrogen-bond acceptors (Lipinski definition) is 3. The molecule has 250 valence electrons. The molecule has 0 aliphatic carbocycles. The van der Waals surface area contributed by atoms with Gasteiger partial charge in [0.15, 0.2) is 5.82 Å². The monoisotopic (exact) mass is 685 g/mol. The van der Waals surface area contributed by atoms with Gasteiger partial charge in [-0.2, -0.15) is 0 Å². The van der Waals surface area contributed by atoms with Crippen molar-refractivity contribution in [2.24, 2.45) is 0 Å². The highest BCUT2D eigenvalue weighted by Crippen LogP contribution is 2.43. The Morgan fingerprint density at radius 3 is 1.52 bits per heavy atom. The Morgan fingerprint density at radius 1 is 0.259 bits per heavy atom. The Bertz CT molecular complexity index is 3290. The molecule has 0 N–H and O–H groups in total. The maximum absolute atomic E-state index is 5.40. The van der Waals surface area contributed by atoms with Gasteiger partial charge < -0.3 is 0 Å². The van der Waals surface area contributed by atoms with Crippen LogP contribution in [-0.2, 0) is 0 Å². The smallest absolute Gasteiger partial charge is 0.160 e. The van der Waals surface area contributed by atoms with Crippen LogP contribution in [0.15, 0.2) is 188 Å².